The predicted molar refractivity (Wildman–Crippen MR) is 64.9 cm³/mol. The van der Waals surface area contributed by atoms with E-state index in [1.807, 2.05) is 13.8 Å². The third-order valence-corrected chi connectivity index (χ3v) is 1.89. The molecular formula is C12H18N2O2. The van der Waals surface area contributed by atoms with E-state index in [1.165, 1.54) is 0 Å². The second-order valence-electron chi connectivity index (χ2n) is 2.90. The van der Waals surface area contributed by atoms with E-state index in [0.29, 0.717) is 6.42 Å². The fourth-order valence-corrected chi connectivity index (χ4v) is 1.21. The molecule has 1 atom stereocenters. The molecule has 88 valence electrons. The Morgan fingerprint density at radius 2 is 2.00 bits per heavy atom. The van der Waals surface area contributed by atoms with Crippen molar-refractivity contribution in [3.8, 4) is 0 Å². The second kappa shape index (κ2) is 7.45. The van der Waals surface area contributed by atoms with Crippen molar-refractivity contribution in [2.24, 2.45) is 0 Å². The van der Waals surface area contributed by atoms with Crippen LogP contribution in [0.3, 0.4) is 0 Å². The SMILES string of the molecule is C=C/C=C(\C=C)CC1NC(=O)NC1=O.CC. The molecule has 0 bridgehead atoms. The van der Waals surface area contributed by atoms with Gasteiger partial charge in [0.05, 0.1) is 0 Å². The van der Waals surface area contributed by atoms with Crippen molar-refractivity contribution >= 4 is 11.9 Å². The summed E-state index contributed by atoms with van der Waals surface area (Å²) in [4.78, 5) is 21.9. The van der Waals surface area contributed by atoms with E-state index in [2.05, 4.69) is 23.8 Å². The maximum Gasteiger partial charge on any atom is 0.322 e. The van der Waals surface area contributed by atoms with E-state index < -0.39 is 12.1 Å². The topological polar surface area (TPSA) is 58.2 Å². The Labute approximate surface area is 96.1 Å². The first-order valence-corrected chi connectivity index (χ1v) is 5.22. The van der Waals surface area contributed by atoms with Crippen LogP contribution in [0.15, 0.2) is 37.0 Å². The summed E-state index contributed by atoms with van der Waals surface area (Å²) < 4.78 is 0. The maximum atomic E-state index is 11.2. The molecule has 1 fully saturated rings. The first kappa shape index (κ1) is 14.2. The highest BCUT2D eigenvalue weighted by atomic mass is 16.2. The molecular weight excluding hydrogens is 204 g/mol. The Morgan fingerprint density at radius 3 is 2.38 bits per heavy atom. The van der Waals surface area contributed by atoms with Crippen molar-refractivity contribution in [1.29, 1.82) is 0 Å². The lowest BCUT2D eigenvalue weighted by Crippen LogP contribution is -2.28. The van der Waals surface area contributed by atoms with Crippen molar-refractivity contribution in [3.63, 3.8) is 0 Å². The van der Waals surface area contributed by atoms with Crippen LogP contribution in [0.4, 0.5) is 4.79 Å². The molecule has 1 aliphatic rings. The molecule has 0 aromatic rings. The molecule has 3 amide bonds. The molecule has 0 aromatic carbocycles. The molecule has 0 aromatic heterocycles. The first-order chi connectivity index (χ1) is 7.67. The van der Waals surface area contributed by atoms with E-state index >= 15 is 0 Å². The highest BCUT2D eigenvalue weighted by Crippen LogP contribution is 2.09. The summed E-state index contributed by atoms with van der Waals surface area (Å²) in [6.07, 6.45) is 5.45. The van der Waals surface area contributed by atoms with Gasteiger partial charge in [-0.25, -0.2) is 4.79 Å². The minimum absolute atomic E-state index is 0.299. The van der Waals surface area contributed by atoms with Crippen LogP contribution < -0.4 is 10.6 Å². The Balaban J connectivity index is 0.00000106. The summed E-state index contributed by atoms with van der Waals surface area (Å²) >= 11 is 0. The lowest BCUT2D eigenvalue weighted by atomic mass is 10.1. The average Bonchev–Trinajstić information content (AvgIpc) is 2.59. The summed E-state index contributed by atoms with van der Waals surface area (Å²) in [5.41, 5.74) is 0.863. The third-order valence-electron chi connectivity index (χ3n) is 1.89. The van der Waals surface area contributed by atoms with E-state index in [1.54, 1.807) is 18.2 Å². The lowest BCUT2D eigenvalue weighted by Gasteiger charge is -2.06. The fourth-order valence-electron chi connectivity index (χ4n) is 1.21. The Hall–Kier alpha value is -1.84. The zero-order valence-electron chi connectivity index (χ0n) is 9.75. The van der Waals surface area contributed by atoms with Crippen LogP contribution in [0, 0.1) is 0 Å². The van der Waals surface area contributed by atoms with Gasteiger partial charge in [-0.1, -0.05) is 45.2 Å². The van der Waals surface area contributed by atoms with E-state index in [0.717, 1.165) is 5.57 Å². The Kier molecular flexibility index (Phi) is 6.59. The van der Waals surface area contributed by atoms with Gasteiger partial charge in [-0.15, -0.1) is 0 Å². The van der Waals surface area contributed by atoms with Crippen LogP contribution in [-0.4, -0.2) is 18.0 Å². The van der Waals surface area contributed by atoms with Crippen LogP contribution in [-0.2, 0) is 4.79 Å². The van der Waals surface area contributed by atoms with Crippen molar-refractivity contribution in [2.45, 2.75) is 26.3 Å². The van der Waals surface area contributed by atoms with Gasteiger partial charge in [0.1, 0.15) is 6.04 Å². The Bertz CT molecular complexity index is 319. The van der Waals surface area contributed by atoms with Crippen LogP contribution in [0.2, 0.25) is 0 Å². The zero-order chi connectivity index (χ0) is 12.6. The lowest BCUT2D eigenvalue weighted by molar-refractivity contribution is -0.120. The number of allylic oxidation sites excluding steroid dienone is 3. The van der Waals surface area contributed by atoms with E-state index in [4.69, 9.17) is 0 Å². The number of urea groups is 1. The highest BCUT2D eigenvalue weighted by Gasteiger charge is 2.29. The monoisotopic (exact) mass is 222 g/mol. The van der Waals surface area contributed by atoms with Crippen LogP contribution in [0.1, 0.15) is 20.3 Å². The highest BCUT2D eigenvalue weighted by molar-refractivity contribution is 6.04. The number of hydrogen-bond donors (Lipinski definition) is 2. The molecule has 1 aliphatic heterocycles. The molecule has 0 aliphatic carbocycles. The summed E-state index contributed by atoms with van der Waals surface area (Å²) in [7, 11) is 0. The molecule has 4 nitrogen and oxygen atoms in total. The minimum Gasteiger partial charge on any atom is -0.326 e. The van der Waals surface area contributed by atoms with Gasteiger partial charge in [0, 0.05) is 6.42 Å². The van der Waals surface area contributed by atoms with Crippen LogP contribution in [0.5, 0.6) is 0 Å². The molecule has 1 rings (SSSR count). The molecule has 0 radical (unpaired) electrons. The molecule has 1 saturated heterocycles. The molecule has 4 heteroatoms. The number of hydrogen-bond acceptors (Lipinski definition) is 2. The number of nitrogens with one attached hydrogen (secondary N) is 2. The summed E-state index contributed by atoms with van der Waals surface area (Å²) in [6, 6.07) is -0.936. The van der Waals surface area contributed by atoms with Crippen molar-refractivity contribution in [1.82, 2.24) is 10.6 Å². The summed E-state index contributed by atoms with van der Waals surface area (Å²) in [6.45, 7) is 11.2. The molecule has 1 heterocycles. The number of rotatable bonds is 4. The maximum absolute atomic E-state index is 11.2. The standard InChI is InChI=1S/C10H12N2O2.C2H6/c1-3-5-7(4-2)6-8-9(13)12-10(14)11-8;1-2/h3-5,8H,1-2,6H2,(H2,11,12,13,14);1-2H3/b7-5+;. The molecule has 0 saturated carbocycles. The Morgan fingerprint density at radius 1 is 1.38 bits per heavy atom. The first-order valence-electron chi connectivity index (χ1n) is 5.22. The third kappa shape index (κ3) is 4.13. The van der Waals surface area contributed by atoms with Gasteiger partial charge >= 0.3 is 6.03 Å². The number of carbonyl (C=O) groups excluding carboxylic acids is 2. The van der Waals surface area contributed by atoms with Crippen molar-refractivity contribution in [3.05, 3.63) is 37.0 Å². The van der Waals surface area contributed by atoms with Crippen molar-refractivity contribution in [2.75, 3.05) is 0 Å². The van der Waals surface area contributed by atoms with Gasteiger partial charge in [0.25, 0.3) is 5.91 Å². The molecule has 2 N–H and O–H groups in total. The van der Waals surface area contributed by atoms with E-state index in [-0.39, 0.29) is 5.91 Å². The molecule has 1 unspecified atom stereocenters. The second-order valence-corrected chi connectivity index (χ2v) is 2.90. The van der Waals surface area contributed by atoms with Gasteiger partial charge in [0.2, 0.25) is 0 Å². The number of amides is 3. The largest absolute Gasteiger partial charge is 0.326 e. The van der Waals surface area contributed by atoms with Gasteiger partial charge < -0.3 is 5.32 Å². The van der Waals surface area contributed by atoms with Gasteiger partial charge in [-0.2, -0.15) is 0 Å². The van der Waals surface area contributed by atoms with Crippen LogP contribution >= 0.6 is 0 Å². The minimum atomic E-state index is -0.494. The number of imide groups is 1. The van der Waals surface area contributed by atoms with Crippen LogP contribution in [0.25, 0.3) is 0 Å². The summed E-state index contributed by atoms with van der Waals surface area (Å²) in [5, 5.41) is 4.67. The van der Waals surface area contributed by atoms with Gasteiger partial charge in [-0.3, -0.25) is 10.1 Å². The van der Waals surface area contributed by atoms with Gasteiger partial charge in [0.15, 0.2) is 0 Å². The zero-order valence-corrected chi connectivity index (χ0v) is 9.75. The van der Waals surface area contributed by atoms with Gasteiger partial charge in [-0.05, 0) is 5.57 Å². The fraction of sp³-hybridized carbons (Fsp3) is 0.333. The van der Waals surface area contributed by atoms with Crippen molar-refractivity contribution < 1.29 is 9.59 Å². The smallest absolute Gasteiger partial charge is 0.322 e. The normalized spacial score (nSPS) is 19.1. The number of carbonyl (C=O) groups is 2. The predicted octanol–water partition coefficient (Wildman–Crippen LogP) is 1.91. The summed E-state index contributed by atoms with van der Waals surface area (Å²) in [5.74, 6) is -0.299. The van der Waals surface area contributed by atoms with E-state index in [9.17, 15) is 9.59 Å². The average molecular weight is 222 g/mol. The molecule has 0 spiro atoms. The molecule has 16 heavy (non-hydrogen) atoms. The quantitative estimate of drug-likeness (QED) is 0.564.